The molecule has 0 unspecified atom stereocenters. The molecule has 0 bridgehead atoms. The van der Waals surface area contributed by atoms with E-state index in [4.69, 9.17) is 4.74 Å². The van der Waals surface area contributed by atoms with Crippen LogP contribution in [-0.4, -0.2) is 17.4 Å². The van der Waals surface area contributed by atoms with E-state index in [0.717, 1.165) is 22.4 Å². The lowest BCUT2D eigenvalue weighted by Crippen LogP contribution is -2.34. The molecule has 0 aromatic heterocycles. The molecule has 26 heavy (non-hydrogen) atoms. The third kappa shape index (κ3) is 4.96. The van der Waals surface area contributed by atoms with E-state index in [-0.39, 0.29) is 12.5 Å². The highest BCUT2D eigenvalue weighted by Gasteiger charge is 2.16. The summed E-state index contributed by atoms with van der Waals surface area (Å²) in [6.45, 7) is 3.13. The highest BCUT2D eigenvalue weighted by Crippen LogP contribution is 2.17. The molecular formula is C23H23NO2. The molecule has 0 aliphatic carbocycles. The van der Waals surface area contributed by atoms with Crippen molar-refractivity contribution in [2.75, 3.05) is 6.61 Å². The van der Waals surface area contributed by atoms with Crippen LogP contribution in [0, 0.1) is 6.92 Å². The van der Waals surface area contributed by atoms with Crippen LogP contribution in [0.25, 0.3) is 0 Å². The smallest absolute Gasteiger partial charge is 0.261 e. The van der Waals surface area contributed by atoms with Crippen molar-refractivity contribution in [3.63, 3.8) is 0 Å². The van der Waals surface area contributed by atoms with Crippen LogP contribution in [0.4, 0.5) is 0 Å². The highest BCUT2D eigenvalue weighted by molar-refractivity contribution is 5.77. The van der Waals surface area contributed by atoms with Gasteiger partial charge >= 0.3 is 0 Å². The first kappa shape index (κ1) is 17.7. The number of aryl methyl sites for hydroxylation is 1. The molecule has 1 amide bonds. The Morgan fingerprint density at radius 2 is 1.27 bits per heavy atom. The van der Waals surface area contributed by atoms with Crippen LogP contribution in [0.5, 0.6) is 5.75 Å². The largest absolute Gasteiger partial charge is 0.484 e. The Balaban J connectivity index is 1.71. The molecule has 0 aliphatic rings. The Morgan fingerprint density at radius 1 is 0.769 bits per heavy atom. The van der Waals surface area contributed by atoms with Gasteiger partial charge in [-0.2, -0.15) is 0 Å². The minimum Gasteiger partial charge on any atom is -0.484 e. The molecule has 0 N–H and O–H groups in total. The van der Waals surface area contributed by atoms with E-state index in [1.165, 1.54) is 0 Å². The van der Waals surface area contributed by atoms with Gasteiger partial charge in [-0.15, -0.1) is 0 Å². The summed E-state index contributed by atoms with van der Waals surface area (Å²) in [5, 5.41) is 0. The van der Waals surface area contributed by atoms with Crippen LogP contribution >= 0.6 is 0 Å². The maximum absolute atomic E-state index is 12.8. The standard InChI is InChI=1S/C23H23NO2/c1-19-10-8-9-15-22(19)26-18-23(25)24(16-20-11-4-2-5-12-20)17-21-13-6-3-7-14-21/h2-15H,16-18H2,1H3. The number of nitrogens with zero attached hydrogens (tertiary/aromatic N) is 1. The minimum absolute atomic E-state index is 0.0269. The molecule has 0 aliphatic heterocycles. The summed E-state index contributed by atoms with van der Waals surface area (Å²) in [7, 11) is 0. The number of hydrogen-bond donors (Lipinski definition) is 0. The topological polar surface area (TPSA) is 29.5 Å². The molecule has 3 nitrogen and oxygen atoms in total. The van der Waals surface area contributed by atoms with Crippen LogP contribution in [0.1, 0.15) is 16.7 Å². The first-order valence-electron chi connectivity index (χ1n) is 8.76. The van der Waals surface area contributed by atoms with E-state index in [0.29, 0.717) is 13.1 Å². The summed E-state index contributed by atoms with van der Waals surface area (Å²) in [5.41, 5.74) is 3.23. The molecular weight excluding hydrogens is 322 g/mol. The molecule has 3 rings (SSSR count). The molecule has 3 aromatic carbocycles. The molecule has 0 heterocycles. The molecule has 0 atom stereocenters. The number of carbonyl (C=O) groups is 1. The zero-order valence-corrected chi connectivity index (χ0v) is 15.0. The Morgan fingerprint density at radius 3 is 1.81 bits per heavy atom. The first-order valence-corrected chi connectivity index (χ1v) is 8.76. The van der Waals surface area contributed by atoms with E-state index >= 15 is 0 Å². The molecule has 0 radical (unpaired) electrons. The molecule has 0 saturated carbocycles. The summed E-state index contributed by atoms with van der Waals surface area (Å²) in [6.07, 6.45) is 0. The van der Waals surface area contributed by atoms with E-state index in [1.807, 2.05) is 96.8 Å². The van der Waals surface area contributed by atoms with Crippen molar-refractivity contribution in [1.29, 1.82) is 0 Å². The monoisotopic (exact) mass is 345 g/mol. The number of amides is 1. The summed E-state index contributed by atoms with van der Waals surface area (Å²) in [4.78, 5) is 14.7. The van der Waals surface area contributed by atoms with Gasteiger partial charge in [0.05, 0.1) is 0 Å². The van der Waals surface area contributed by atoms with Crippen LogP contribution in [-0.2, 0) is 17.9 Å². The van der Waals surface area contributed by atoms with Crippen molar-refractivity contribution in [1.82, 2.24) is 4.90 Å². The van der Waals surface area contributed by atoms with Gasteiger partial charge in [-0.3, -0.25) is 4.79 Å². The van der Waals surface area contributed by atoms with Gasteiger partial charge in [-0.05, 0) is 29.7 Å². The average molecular weight is 345 g/mol. The zero-order chi connectivity index (χ0) is 18.2. The third-order valence-electron chi connectivity index (χ3n) is 4.23. The third-order valence-corrected chi connectivity index (χ3v) is 4.23. The van der Waals surface area contributed by atoms with Crippen LogP contribution in [0.2, 0.25) is 0 Å². The molecule has 3 aromatic rings. The number of benzene rings is 3. The first-order chi connectivity index (χ1) is 12.7. The summed E-state index contributed by atoms with van der Waals surface area (Å²) >= 11 is 0. The lowest BCUT2D eigenvalue weighted by molar-refractivity contribution is -0.134. The van der Waals surface area contributed by atoms with Gasteiger partial charge in [0, 0.05) is 13.1 Å². The fourth-order valence-electron chi connectivity index (χ4n) is 2.79. The van der Waals surface area contributed by atoms with Crippen molar-refractivity contribution in [3.05, 3.63) is 102 Å². The van der Waals surface area contributed by atoms with Gasteiger partial charge < -0.3 is 9.64 Å². The van der Waals surface area contributed by atoms with Crippen molar-refractivity contribution in [2.24, 2.45) is 0 Å². The van der Waals surface area contributed by atoms with Crippen LogP contribution in [0.15, 0.2) is 84.9 Å². The number of ether oxygens (including phenoxy) is 1. The van der Waals surface area contributed by atoms with Gasteiger partial charge in [0.2, 0.25) is 0 Å². The molecule has 3 heteroatoms. The summed E-state index contributed by atoms with van der Waals surface area (Å²) < 4.78 is 5.76. The number of rotatable bonds is 7. The van der Waals surface area contributed by atoms with E-state index in [2.05, 4.69) is 0 Å². The average Bonchev–Trinajstić information content (AvgIpc) is 2.68. The lowest BCUT2D eigenvalue weighted by atomic mass is 10.1. The van der Waals surface area contributed by atoms with Crippen molar-refractivity contribution >= 4 is 5.91 Å². The normalized spacial score (nSPS) is 10.3. The SMILES string of the molecule is Cc1ccccc1OCC(=O)N(Cc1ccccc1)Cc1ccccc1. The Bertz CT molecular complexity index is 790. The highest BCUT2D eigenvalue weighted by atomic mass is 16.5. The maximum atomic E-state index is 12.8. The fraction of sp³-hybridized carbons (Fsp3) is 0.174. The van der Waals surface area contributed by atoms with E-state index in [9.17, 15) is 4.79 Å². The van der Waals surface area contributed by atoms with Crippen LogP contribution < -0.4 is 4.74 Å². The second-order valence-electron chi connectivity index (χ2n) is 6.28. The molecule has 0 saturated heterocycles. The summed E-state index contributed by atoms with van der Waals surface area (Å²) in [5.74, 6) is 0.723. The fourth-order valence-corrected chi connectivity index (χ4v) is 2.79. The zero-order valence-electron chi connectivity index (χ0n) is 15.0. The Hall–Kier alpha value is -3.07. The van der Waals surface area contributed by atoms with E-state index < -0.39 is 0 Å². The van der Waals surface area contributed by atoms with Gasteiger partial charge in [0.1, 0.15) is 5.75 Å². The maximum Gasteiger partial charge on any atom is 0.261 e. The van der Waals surface area contributed by atoms with Gasteiger partial charge in [0.15, 0.2) is 6.61 Å². The second-order valence-corrected chi connectivity index (χ2v) is 6.28. The van der Waals surface area contributed by atoms with Crippen LogP contribution in [0.3, 0.4) is 0 Å². The number of carbonyl (C=O) groups excluding carboxylic acids is 1. The second kappa shape index (κ2) is 8.86. The van der Waals surface area contributed by atoms with Gasteiger partial charge in [-0.25, -0.2) is 0 Å². The van der Waals surface area contributed by atoms with E-state index in [1.54, 1.807) is 0 Å². The van der Waals surface area contributed by atoms with Gasteiger partial charge in [-0.1, -0.05) is 78.9 Å². The number of hydrogen-bond acceptors (Lipinski definition) is 2. The lowest BCUT2D eigenvalue weighted by Gasteiger charge is -2.23. The molecule has 132 valence electrons. The Labute approximate surface area is 154 Å². The number of para-hydroxylation sites is 1. The summed E-state index contributed by atoms with van der Waals surface area (Å²) in [6, 6.07) is 27.8. The predicted octanol–water partition coefficient (Wildman–Crippen LogP) is 4.60. The minimum atomic E-state index is -0.0269. The Kier molecular flexibility index (Phi) is 6.05. The van der Waals surface area contributed by atoms with Gasteiger partial charge in [0.25, 0.3) is 5.91 Å². The predicted molar refractivity (Wildman–Crippen MR) is 104 cm³/mol. The van der Waals surface area contributed by atoms with Crippen molar-refractivity contribution in [3.8, 4) is 5.75 Å². The molecule has 0 fully saturated rings. The van der Waals surface area contributed by atoms with Crippen molar-refractivity contribution in [2.45, 2.75) is 20.0 Å². The quantitative estimate of drug-likeness (QED) is 0.626. The van der Waals surface area contributed by atoms with Crippen molar-refractivity contribution < 1.29 is 9.53 Å². The molecule has 0 spiro atoms.